The molecule has 1 aromatic carbocycles. The second-order valence-electron chi connectivity index (χ2n) is 4.84. The number of nitrogens with one attached hydrogen (secondary N) is 1. The van der Waals surface area contributed by atoms with E-state index in [1.54, 1.807) is 7.11 Å². The molecule has 0 fully saturated rings. The first-order valence-electron chi connectivity index (χ1n) is 5.61. The highest BCUT2D eigenvalue weighted by Crippen LogP contribution is 2.26. The maximum absolute atomic E-state index is 6.18. The molecule has 0 aliphatic rings. The highest BCUT2D eigenvalue weighted by atomic mass is 127. The molecule has 0 radical (unpaired) electrons. The van der Waals surface area contributed by atoms with Crippen LogP contribution in [0.15, 0.2) is 18.2 Å². The van der Waals surface area contributed by atoms with Crippen molar-refractivity contribution in [1.29, 1.82) is 0 Å². The van der Waals surface area contributed by atoms with E-state index in [-0.39, 0.29) is 5.60 Å². The summed E-state index contributed by atoms with van der Waals surface area (Å²) < 4.78 is 6.56. The predicted molar refractivity (Wildman–Crippen MR) is 83.0 cm³/mol. The number of rotatable bonds is 5. The highest BCUT2D eigenvalue weighted by Gasteiger charge is 2.20. The minimum absolute atomic E-state index is 0.123. The number of hydrogen-bond acceptors (Lipinski definition) is 2. The van der Waals surface area contributed by atoms with Crippen molar-refractivity contribution >= 4 is 39.9 Å². The van der Waals surface area contributed by atoms with Gasteiger partial charge in [0.15, 0.2) is 0 Å². The van der Waals surface area contributed by atoms with Crippen LogP contribution in [0.3, 0.4) is 0 Å². The van der Waals surface area contributed by atoms with E-state index in [0.29, 0.717) is 6.04 Å². The molecular weight excluding hydrogens is 349 g/mol. The van der Waals surface area contributed by atoms with Gasteiger partial charge in [0, 0.05) is 16.7 Å². The fraction of sp³-hybridized carbons (Fsp3) is 0.538. The van der Waals surface area contributed by atoms with E-state index in [1.165, 1.54) is 0 Å². The van der Waals surface area contributed by atoms with Gasteiger partial charge in [0.25, 0.3) is 0 Å². The molecule has 0 amide bonds. The Labute approximate surface area is 122 Å². The van der Waals surface area contributed by atoms with Gasteiger partial charge in [0.05, 0.1) is 16.3 Å². The molecule has 0 aliphatic heterocycles. The molecule has 0 bridgehead atoms. The van der Waals surface area contributed by atoms with Crippen molar-refractivity contribution in [3.63, 3.8) is 0 Å². The van der Waals surface area contributed by atoms with E-state index < -0.39 is 0 Å². The van der Waals surface area contributed by atoms with E-state index in [0.717, 1.165) is 20.7 Å². The summed E-state index contributed by atoms with van der Waals surface area (Å²) in [6, 6.07) is 6.32. The lowest BCUT2D eigenvalue weighted by atomic mass is 10.00. The fourth-order valence-electron chi connectivity index (χ4n) is 1.74. The van der Waals surface area contributed by atoms with Crippen LogP contribution < -0.4 is 5.32 Å². The summed E-state index contributed by atoms with van der Waals surface area (Å²) in [7, 11) is 1.74. The molecule has 2 nitrogen and oxygen atoms in total. The van der Waals surface area contributed by atoms with Gasteiger partial charge in [0.2, 0.25) is 0 Å². The van der Waals surface area contributed by atoms with E-state index in [9.17, 15) is 0 Å². The van der Waals surface area contributed by atoms with Crippen LogP contribution in [-0.2, 0) is 4.74 Å². The monoisotopic (exact) mass is 367 g/mol. The maximum Gasteiger partial charge on any atom is 0.0648 e. The zero-order valence-electron chi connectivity index (χ0n) is 10.7. The SMILES string of the molecule is COC(C)(C)CC(C)Nc1ccc(I)cc1Cl. The first-order valence-corrected chi connectivity index (χ1v) is 7.06. The van der Waals surface area contributed by atoms with Crippen LogP contribution in [-0.4, -0.2) is 18.8 Å². The molecule has 17 heavy (non-hydrogen) atoms. The van der Waals surface area contributed by atoms with Gasteiger partial charge in [-0.3, -0.25) is 0 Å². The lowest BCUT2D eigenvalue weighted by Crippen LogP contribution is -2.31. The van der Waals surface area contributed by atoms with Gasteiger partial charge < -0.3 is 10.1 Å². The van der Waals surface area contributed by atoms with Gasteiger partial charge in [-0.25, -0.2) is 0 Å². The van der Waals surface area contributed by atoms with Crippen LogP contribution in [0.25, 0.3) is 0 Å². The van der Waals surface area contributed by atoms with Gasteiger partial charge in [-0.1, -0.05) is 11.6 Å². The van der Waals surface area contributed by atoms with Crippen molar-refractivity contribution in [2.24, 2.45) is 0 Å². The van der Waals surface area contributed by atoms with Crippen LogP contribution in [0.1, 0.15) is 27.2 Å². The van der Waals surface area contributed by atoms with Gasteiger partial charge in [0.1, 0.15) is 0 Å². The number of methoxy groups -OCH3 is 1. The molecule has 1 aromatic rings. The number of hydrogen-bond donors (Lipinski definition) is 1. The van der Waals surface area contributed by atoms with E-state index in [1.807, 2.05) is 18.2 Å². The van der Waals surface area contributed by atoms with Gasteiger partial charge in [-0.05, 0) is 68.0 Å². The predicted octanol–water partition coefficient (Wildman–Crippen LogP) is 4.56. The fourth-order valence-corrected chi connectivity index (χ4v) is 2.65. The molecule has 1 atom stereocenters. The Morgan fingerprint density at radius 1 is 1.47 bits per heavy atom. The molecule has 0 saturated carbocycles. The van der Waals surface area contributed by atoms with E-state index in [2.05, 4.69) is 48.7 Å². The molecule has 0 saturated heterocycles. The minimum Gasteiger partial charge on any atom is -0.381 e. The maximum atomic E-state index is 6.18. The summed E-state index contributed by atoms with van der Waals surface area (Å²) >= 11 is 8.43. The largest absolute Gasteiger partial charge is 0.381 e. The van der Waals surface area contributed by atoms with Gasteiger partial charge >= 0.3 is 0 Å². The van der Waals surface area contributed by atoms with Crippen molar-refractivity contribution in [1.82, 2.24) is 0 Å². The third-order valence-electron chi connectivity index (χ3n) is 2.68. The molecule has 1 rings (SSSR count). The van der Waals surface area contributed by atoms with Gasteiger partial charge in [-0.2, -0.15) is 0 Å². The van der Waals surface area contributed by atoms with Crippen LogP contribution >= 0.6 is 34.2 Å². The third-order valence-corrected chi connectivity index (χ3v) is 3.67. The van der Waals surface area contributed by atoms with Crippen LogP contribution in [0, 0.1) is 3.57 Å². The van der Waals surface area contributed by atoms with E-state index in [4.69, 9.17) is 16.3 Å². The topological polar surface area (TPSA) is 21.3 Å². The molecular formula is C13H19ClINO. The van der Waals surface area contributed by atoms with Crippen LogP contribution in [0.5, 0.6) is 0 Å². The Morgan fingerprint density at radius 2 is 2.12 bits per heavy atom. The molecule has 1 unspecified atom stereocenters. The minimum atomic E-state index is -0.123. The first-order chi connectivity index (χ1) is 7.84. The normalized spacial score (nSPS) is 13.5. The van der Waals surface area contributed by atoms with Crippen molar-refractivity contribution in [2.45, 2.75) is 38.8 Å². The Morgan fingerprint density at radius 3 is 2.65 bits per heavy atom. The lowest BCUT2D eigenvalue weighted by molar-refractivity contribution is 0.0128. The lowest BCUT2D eigenvalue weighted by Gasteiger charge is -2.27. The average Bonchev–Trinajstić information content (AvgIpc) is 2.21. The molecule has 0 spiro atoms. The molecule has 0 aromatic heterocycles. The summed E-state index contributed by atoms with van der Waals surface area (Å²) in [6.07, 6.45) is 0.922. The molecule has 96 valence electrons. The first kappa shape index (κ1) is 15.1. The van der Waals surface area contributed by atoms with Gasteiger partial charge in [-0.15, -0.1) is 0 Å². The number of halogens is 2. The van der Waals surface area contributed by atoms with Crippen molar-refractivity contribution < 1.29 is 4.74 Å². The smallest absolute Gasteiger partial charge is 0.0648 e. The summed E-state index contributed by atoms with van der Waals surface area (Å²) in [5, 5.41) is 4.18. The molecule has 0 heterocycles. The van der Waals surface area contributed by atoms with Crippen molar-refractivity contribution in [3.8, 4) is 0 Å². The van der Waals surface area contributed by atoms with Crippen molar-refractivity contribution in [3.05, 3.63) is 26.8 Å². The summed E-state index contributed by atoms with van der Waals surface area (Å²) in [5.74, 6) is 0. The van der Waals surface area contributed by atoms with Crippen LogP contribution in [0.4, 0.5) is 5.69 Å². The quantitative estimate of drug-likeness (QED) is 0.770. The molecule has 0 aliphatic carbocycles. The van der Waals surface area contributed by atoms with Crippen molar-refractivity contribution in [2.75, 3.05) is 12.4 Å². The molecule has 4 heteroatoms. The summed E-state index contributed by atoms with van der Waals surface area (Å²) in [6.45, 7) is 6.30. The second kappa shape index (κ2) is 6.25. The number of ether oxygens (including phenoxy) is 1. The zero-order valence-corrected chi connectivity index (χ0v) is 13.6. The third kappa shape index (κ3) is 5.02. The number of benzene rings is 1. The Bertz CT molecular complexity index is 382. The summed E-state index contributed by atoms with van der Waals surface area (Å²) in [5.41, 5.74) is 0.855. The number of anilines is 1. The Balaban J connectivity index is 2.65. The van der Waals surface area contributed by atoms with Crippen LogP contribution in [0.2, 0.25) is 5.02 Å². The standard InChI is InChI=1S/C13H19ClINO/c1-9(8-13(2,3)17-4)16-12-6-5-10(15)7-11(12)14/h5-7,9,16H,8H2,1-4H3. The summed E-state index contributed by atoms with van der Waals surface area (Å²) in [4.78, 5) is 0. The molecule has 1 N–H and O–H groups in total. The zero-order chi connectivity index (χ0) is 13.1. The average molecular weight is 368 g/mol. The second-order valence-corrected chi connectivity index (χ2v) is 6.49. The Hall–Kier alpha value is -0.0000000000000000555. The highest BCUT2D eigenvalue weighted by molar-refractivity contribution is 14.1. The Kier molecular flexibility index (Phi) is 5.54. The van der Waals surface area contributed by atoms with E-state index >= 15 is 0 Å².